The lowest BCUT2D eigenvalue weighted by molar-refractivity contribution is -0.112. The second-order valence-corrected chi connectivity index (χ2v) is 8.45. The quantitative estimate of drug-likeness (QED) is 0.230. The molecule has 0 aliphatic carbocycles. The Labute approximate surface area is 215 Å². The summed E-state index contributed by atoms with van der Waals surface area (Å²) in [6, 6.07) is 11.0. The molecule has 3 N–H and O–H groups in total. The van der Waals surface area contributed by atoms with Crippen LogP contribution in [0.4, 0.5) is 21.6 Å². The maximum Gasteiger partial charge on any atom is 0.266 e. The van der Waals surface area contributed by atoms with Crippen LogP contribution in [-0.4, -0.2) is 39.0 Å². The van der Waals surface area contributed by atoms with E-state index in [4.69, 9.17) is 21.1 Å². The number of ether oxygens (including phenoxy) is 2. The number of halogens is 2. The first-order valence-electron chi connectivity index (χ1n) is 11.2. The van der Waals surface area contributed by atoms with Crippen molar-refractivity contribution in [3.8, 4) is 11.8 Å². The lowest BCUT2D eigenvalue weighted by Gasteiger charge is -2.18. The monoisotopic (exact) mass is 519 g/mol. The topological polar surface area (TPSA) is 138 Å². The number of amides is 1. The number of rotatable bonds is 7. The summed E-state index contributed by atoms with van der Waals surface area (Å²) in [6.07, 6.45) is 5.32. The first-order valence-corrected chi connectivity index (χ1v) is 11.6. The molecule has 1 aliphatic heterocycles. The highest BCUT2D eigenvalue weighted by molar-refractivity contribution is 6.31. The van der Waals surface area contributed by atoms with Crippen LogP contribution < -0.4 is 15.4 Å². The van der Waals surface area contributed by atoms with Crippen LogP contribution in [0.2, 0.25) is 5.02 Å². The number of aromatic nitrogens is 4. The first kappa shape index (κ1) is 24.2. The van der Waals surface area contributed by atoms with Gasteiger partial charge in [-0.3, -0.25) is 9.89 Å². The minimum atomic E-state index is -0.648. The number of anilines is 3. The smallest absolute Gasteiger partial charge is 0.266 e. The zero-order valence-corrected chi connectivity index (χ0v) is 19.9. The van der Waals surface area contributed by atoms with Crippen molar-refractivity contribution in [1.82, 2.24) is 20.2 Å². The highest BCUT2D eigenvalue weighted by Gasteiger charge is 2.22. The minimum Gasteiger partial charge on any atom is -0.463 e. The highest BCUT2D eigenvalue weighted by atomic mass is 35.5. The van der Waals surface area contributed by atoms with Crippen molar-refractivity contribution in [1.29, 1.82) is 5.26 Å². The summed E-state index contributed by atoms with van der Waals surface area (Å²) in [6.45, 7) is 0.571. The van der Waals surface area contributed by atoms with Crippen LogP contribution in [0.25, 0.3) is 17.0 Å². The molecule has 5 rings (SSSR count). The molecule has 1 atom stereocenters. The Morgan fingerprint density at radius 3 is 2.92 bits per heavy atom. The zero-order chi connectivity index (χ0) is 25.8. The van der Waals surface area contributed by atoms with Gasteiger partial charge in [-0.2, -0.15) is 10.4 Å². The summed E-state index contributed by atoms with van der Waals surface area (Å²) in [4.78, 5) is 21.6. The molecule has 10 nitrogen and oxygen atoms in total. The normalized spacial score (nSPS) is 15.4. The molecule has 1 aliphatic rings. The molecule has 1 amide bonds. The van der Waals surface area contributed by atoms with Gasteiger partial charge in [-0.05, 0) is 42.8 Å². The SMILES string of the molecule is N#C/C(=C\c1ccn[nH]1)C(=O)Nc1cc2c(Nc3ccc(F)c(Cl)c3)ncnc2cc1O[C@H]1CCCO1. The molecule has 0 radical (unpaired) electrons. The Morgan fingerprint density at radius 2 is 2.19 bits per heavy atom. The van der Waals surface area contributed by atoms with Gasteiger partial charge >= 0.3 is 0 Å². The Hall–Kier alpha value is -4.53. The van der Waals surface area contributed by atoms with Gasteiger partial charge in [-0.15, -0.1) is 0 Å². The van der Waals surface area contributed by atoms with E-state index in [1.54, 1.807) is 18.2 Å². The average molecular weight is 520 g/mol. The van der Waals surface area contributed by atoms with Crippen LogP contribution >= 0.6 is 11.6 Å². The molecule has 186 valence electrons. The largest absolute Gasteiger partial charge is 0.463 e. The molecule has 0 spiro atoms. The van der Waals surface area contributed by atoms with Gasteiger partial charge in [0.1, 0.15) is 35.4 Å². The molecular formula is C25H19ClFN7O3. The van der Waals surface area contributed by atoms with Gasteiger partial charge in [0.25, 0.3) is 5.91 Å². The van der Waals surface area contributed by atoms with Crippen molar-refractivity contribution in [3.63, 3.8) is 0 Å². The van der Waals surface area contributed by atoms with Gasteiger partial charge in [-0.25, -0.2) is 14.4 Å². The van der Waals surface area contributed by atoms with Crippen molar-refractivity contribution in [3.05, 3.63) is 71.0 Å². The fourth-order valence-electron chi connectivity index (χ4n) is 3.71. The third kappa shape index (κ3) is 5.50. The number of carbonyl (C=O) groups is 1. The van der Waals surface area contributed by atoms with Gasteiger partial charge in [0.2, 0.25) is 0 Å². The number of nitrogens with zero attached hydrogens (tertiary/aromatic N) is 4. The molecule has 0 bridgehead atoms. The highest BCUT2D eigenvalue weighted by Crippen LogP contribution is 2.35. The minimum absolute atomic E-state index is 0.0448. The Balaban J connectivity index is 1.53. The molecule has 1 fully saturated rings. The van der Waals surface area contributed by atoms with Gasteiger partial charge in [0, 0.05) is 29.8 Å². The summed E-state index contributed by atoms with van der Waals surface area (Å²) in [7, 11) is 0. The number of benzene rings is 2. The number of hydrogen-bond acceptors (Lipinski definition) is 8. The summed E-state index contributed by atoms with van der Waals surface area (Å²) in [5.74, 6) is -0.483. The Bertz CT molecular complexity index is 1530. The van der Waals surface area contributed by atoms with Gasteiger partial charge in [0.05, 0.1) is 28.5 Å². The van der Waals surface area contributed by atoms with E-state index in [-0.39, 0.29) is 16.3 Å². The predicted octanol–water partition coefficient (Wildman–Crippen LogP) is 4.95. The molecule has 2 aromatic carbocycles. The predicted molar refractivity (Wildman–Crippen MR) is 135 cm³/mol. The van der Waals surface area contributed by atoms with Crippen LogP contribution in [0.1, 0.15) is 18.5 Å². The van der Waals surface area contributed by atoms with Crippen molar-refractivity contribution in [2.45, 2.75) is 19.1 Å². The third-order valence-electron chi connectivity index (χ3n) is 5.50. The van der Waals surface area contributed by atoms with Crippen LogP contribution in [0, 0.1) is 17.1 Å². The molecule has 2 aromatic heterocycles. The molecule has 0 saturated carbocycles. The number of nitriles is 1. The molecule has 1 saturated heterocycles. The lowest BCUT2D eigenvalue weighted by atomic mass is 10.1. The standard InChI is InChI=1S/C25H19ClFN7O3/c26-18-9-15(3-4-19(18)27)32-24-17-10-21(33-25(35)14(12-28)8-16-5-6-31-34-16)22(11-20(17)29-13-30-24)37-23-2-1-7-36-23/h3-6,8-11,13,23H,1-2,7H2,(H,31,34)(H,33,35)(H,29,30,32)/b14-8+/t23-/m0/s1. The van der Waals surface area contributed by atoms with Crippen LogP contribution in [0.3, 0.4) is 0 Å². The van der Waals surface area contributed by atoms with Crippen molar-refractivity contribution in [2.75, 3.05) is 17.2 Å². The summed E-state index contributed by atoms with van der Waals surface area (Å²) >= 11 is 5.92. The van der Waals surface area contributed by atoms with Gasteiger partial charge in [-0.1, -0.05) is 11.6 Å². The number of fused-ring (bicyclic) bond motifs is 1. The molecule has 4 aromatic rings. The van der Waals surface area contributed by atoms with E-state index in [2.05, 4.69) is 30.8 Å². The average Bonchev–Trinajstić information content (AvgIpc) is 3.60. The maximum absolute atomic E-state index is 13.6. The molecule has 0 unspecified atom stereocenters. The Kier molecular flexibility index (Phi) is 6.93. The fourth-order valence-corrected chi connectivity index (χ4v) is 3.89. The number of H-pyrrole nitrogens is 1. The number of aromatic amines is 1. The molecule has 3 heterocycles. The zero-order valence-electron chi connectivity index (χ0n) is 19.2. The van der Waals surface area contributed by atoms with E-state index in [9.17, 15) is 14.4 Å². The number of carbonyl (C=O) groups excluding carboxylic acids is 1. The molecular weight excluding hydrogens is 501 g/mol. The number of nitrogens with one attached hydrogen (secondary N) is 3. The second kappa shape index (κ2) is 10.6. The van der Waals surface area contributed by atoms with E-state index in [1.165, 1.54) is 36.8 Å². The van der Waals surface area contributed by atoms with E-state index in [0.717, 1.165) is 6.42 Å². The Morgan fingerprint density at radius 1 is 1.30 bits per heavy atom. The van der Waals surface area contributed by atoms with E-state index in [0.29, 0.717) is 46.9 Å². The van der Waals surface area contributed by atoms with E-state index in [1.807, 2.05) is 6.07 Å². The maximum atomic E-state index is 13.6. The van der Waals surface area contributed by atoms with Crippen LogP contribution in [0.15, 0.2) is 54.5 Å². The number of hydrogen-bond donors (Lipinski definition) is 3. The second-order valence-electron chi connectivity index (χ2n) is 8.04. The molecule has 12 heteroatoms. The van der Waals surface area contributed by atoms with Crippen LogP contribution in [0.5, 0.6) is 5.75 Å². The third-order valence-corrected chi connectivity index (χ3v) is 5.79. The van der Waals surface area contributed by atoms with Crippen molar-refractivity contribution >= 4 is 51.7 Å². The van der Waals surface area contributed by atoms with Crippen molar-refractivity contribution < 1.29 is 18.7 Å². The molecule has 37 heavy (non-hydrogen) atoms. The van der Waals surface area contributed by atoms with Crippen molar-refractivity contribution in [2.24, 2.45) is 0 Å². The fraction of sp³-hybridized carbons (Fsp3) is 0.160. The van der Waals surface area contributed by atoms with Gasteiger partial charge in [0.15, 0.2) is 6.29 Å². The summed E-state index contributed by atoms with van der Waals surface area (Å²) in [5.41, 5.74) is 1.67. The van der Waals surface area contributed by atoms with E-state index < -0.39 is 18.0 Å². The lowest BCUT2D eigenvalue weighted by Crippen LogP contribution is -2.18. The van der Waals surface area contributed by atoms with E-state index >= 15 is 0 Å². The summed E-state index contributed by atoms with van der Waals surface area (Å²) < 4.78 is 25.2. The van der Waals surface area contributed by atoms with Crippen LogP contribution in [-0.2, 0) is 9.53 Å². The summed E-state index contributed by atoms with van der Waals surface area (Å²) in [5, 5.41) is 22.4. The van der Waals surface area contributed by atoms with Gasteiger partial charge < -0.3 is 20.1 Å². The first-order chi connectivity index (χ1) is 18.0.